The van der Waals surface area contributed by atoms with E-state index in [4.69, 9.17) is 27.9 Å². The van der Waals surface area contributed by atoms with E-state index >= 15 is 0 Å². The molecule has 1 saturated heterocycles. The van der Waals surface area contributed by atoms with Gasteiger partial charge in [0.1, 0.15) is 16.4 Å². The number of hydrogen-bond donors (Lipinski definition) is 0. The van der Waals surface area contributed by atoms with Gasteiger partial charge < -0.3 is 14.5 Å². The van der Waals surface area contributed by atoms with Gasteiger partial charge in [-0.15, -0.1) is 0 Å². The standard InChI is InChI=1S/C27H26Cl2F2N2O4S/c1-27(22-18-20(30)8-11-24(22)31,38(35,36)21-9-6-19(28)7-10-21)12-17-37-26(34)33-15-13-32(14-16-33)25-5-3-2-4-23(25)29/h2-11,18H,12-17H2,1H3. The summed E-state index contributed by atoms with van der Waals surface area (Å²) in [5.74, 6) is -1.67. The Kier molecular flexibility index (Phi) is 8.49. The molecule has 1 amide bonds. The monoisotopic (exact) mass is 582 g/mol. The number of halogens is 4. The Labute approximate surface area is 230 Å². The zero-order valence-corrected chi connectivity index (χ0v) is 22.9. The molecule has 0 radical (unpaired) electrons. The maximum atomic E-state index is 14.9. The lowest BCUT2D eigenvalue weighted by Crippen LogP contribution is -2.49. The summed E-state index contributed by atoms with van der Waals surface area (Å²) in [5.41, 5.74) is 0.527. The van der Waals surface area contributed by atoms with Crippen molar-refractivity contribution in [1.82, 2.24) is 4.90 Å². The minimum absolute atomic E-state index is 0.116. The largest absolute Gasteiger partial charge is 0.449 e. The first-order valence-electron chi connectivity index (χ1n) is 11.9. The van der Waals surface area contributed by atoms with Crippen LogP contribution in [0.4, 0.5) is 19.3 Å². The van der Waals surface area contributed by atoms with Crippen LogP contribution >= 0.6 is 23.2 Å². The molecule has 0 bridgehead atoms. The van der Waals surface area contributed by atoms with Crippen molar-refractivity contribution >= 4 is 44.8 Å². The molecule has 6 nitrogen and oxygen atoms in total. The van der Waals surface area contributed by atoms with E-state index in [-0.39, 0.29) is 23.5 Å². The maximum absolute atomic E-state index is 14.9. The first kappa shape index (κ1) is 28.1. The van der Waals surface area contributed by atoms with Crippen molar-refractivity contribution in [2.75, 3.05) is 37.7 Å². The molecule has 0 N–H and O–H groups in total. The number of rotatable bonds is 7. The van der Waals surface area contributed by atoms with Gasteiger partial charge in [0.25, 0.3) is 0 Å². The zero-order chi connectivity index (χ0) is 27.5. The molecule has 1 heterocycles. The second kappa shape index (κ2) is 11.5. The molecule has 4 rings (SSSR count). The van der Waals surface area contributed by atoms with E-state index in [1.165, 1.54) is 36.1 Å². The lowest BCUT2D eigenvalue weighted by molar-refractivity contribution is 0.0962. The highest BCUT2D eigenvalue weighted by Crippen LogP contribution is 2.40. The highest BCUT2D eigenvalue weighted by molar-refractivity contribution is 7.92. The number of nitrogens with zero attached hydrogens (tertiary/aromatic N) is 2. The second-order valence-electron chi connectivity index (χ2n) is 9.10. The molecule has 1 unspecified atom stereocenters. The van der Waals surface area contributed by atoms with Crippen molar-refractivity contribution in [2.24, 2.45) is 0 Å². The Balaban J connectivity index is 1.48. The summed E-state index contributed by atoms with van der Waals surface area (Å²) in [6.45, 7) is 2.80. The quantitative estimate of drug-likeness (QED) is 0.326. The lowest BCUT2D eigenvalue weighted by Gasteiger charge is -2.36. The molecule has 1 fully saturated rings. The van der Waals surface area contributed by atoms with E-state index < -0.39 is 32.3 Å². The number of piperazine rings is 1. The summed E-state index contributed by atoms with van der Waals surface area (Å²) >= 11 is 12.2. The van der Waals surface area contributed by atoms with Crippen LogP contribution in [0.1, 0.15) is 18.9 Å². The first-order chi connectivity index (χ1) is 18.0. The van der Waals surface area contributed by atoms with Crippen molar-refractivity contribution in [2.45, 2.75) is 23.0 Å². The van der Waals surface area contributed by atoms with E-state index in [2.05, 4.69) is 4.90 Å². The van der Waals surface area contributed by atoms with E-state index in [1.807, 2.05) is 18.2 Å². The highest BCUT2D eigenvalue weighted by Gasteiger charge is 2.44. The fourth-order valence-electron chi connectivity index (χ4n) is 4.45. The molecule has 38 heavy (non-hydrogen) atoms. The summed E-state index contributed by atoms with van der Waals surface area (Å²) < 4.78 is 59.9. The normalized spacial score (nSPS) is 15.7. The molecule has 1 atom stereocenters. The molecular formula is C27H26Cl2F2N2O4S. The third-order valence-corrected chi connectivity index (χ3v) is 9.83. The lowest BCUT2D eigenvalue weighted by atomic mass is 9.96. The van der Waals surface area contributed by atoms with Crippen molar-refractivity contribution in [3.05, 3.63) is 94.0 Å². The number of carbonyl (C=O) groups excluding carboxylic acids is 1. The number of amides is 1. The third kappa shape index (κ3) is 5.75. The van der Waals surface area contributed by atoms with E-state index in [0.717, 1.165) is 23.9 Å². The molecule has 202 valence electrons. The van der Waals surface area contributed by atoms with Crippen LogP contribution in [-0.4, -0.2) is 52.2 Å². The molecule has 1 aliphatic heterocycles. The van der Waals surface area contributed by atoms with Crippen LogP contribution in [0.5, 0.6) is 0 Å². The van der Waals surface area contributed by atoms with Gasteiger partial charge in [0.05, 0.1) is 22.2 Å². The Morgan fingerprint density at radius 3 is 2.29 bits per heavy atom. The number of ether oxygens (including phenoxy) is 1. The number of anilines is 1. The van der Waals surface area contributed by atoms with Crippen molar-refractivity contribution in [1.29, 1.82) is 0 Å². The summed E-state index contributed by atoms with van der Waals surface area (Å²) in [6.07, 6.45) is -0.918. The number of sulfone groups is 1. The van der Waals surface area contributed by atoms with Crippen LogP contribution in [0.2, 0.25) is 10.0 Å². The van der Waals surface area contributed by atoms with Gasteiger partial charge in [-0.25, -0.2) is 22.0 Å². The van der Waals surface area contributed by atoms with Crippen LogP contribution in [0.3, 0.4) is 0 Å². The Hall–Kier alpha value is -2.88. The first-order valence-corrected chi connectivity index (χ1v) is 14.1. The van der Waals surface area contributed by atoms with Crippen molar-refractivity contribution < 1.29 is 26.7 Å². The van der Waals surface area contributed by atoms with Crippen LogP contribution in [0.15, 0.2) is 71.6 Å². The molecule has 3 aromatic carbocycles. The minimum Gasteiger partial charge on any atom is -0.449 e. The fourth-order valence-corrected chi connectivity index (χ4v) is 6.65. The average molecular weight is 583 g/mol. The average Bonchev–Trinajstić information content (AvgIpc) is 2.90. The molecule has 0 spiro atoms. The van der Waals surface area contributed by atoms with Gasteiger partial charge in [-0.2, -0.15) is 0 Å². The molecule has 3 aromatic rings. The molecule has 11 heteroatoms. The molecule has 0 saturated carbocycles. The number of benzene rings is 3. The van der Waals surface area contributed by atoms with Gasteiger partial charge in [-0.05, 0) is 61.5 Å². The summed E-state index contributed by atoms with van der Waals surface area (Å²) in [7, 11) is -4.26. The predicted molar refractivity (Wildman–Crippen MR) is 144 cm³/mol. The van der Waals surface area contributed by atoms with Crippen LogP contribution in [0, 0.1) is 11.6 Å². The summed E-state index contributed by atoms with van der Waals surface area (Å²) in [5, 5.41) is 0.945. The van der Waals surface area contributed by atoms with Crippen molar-refractivity contribution in [3.63, 3.8) is 0 Å². The number of hydrogen-bond acceptors (Lipinski definition) is 5. The topological polar surface area (TPSA) is 66.9 Å². The van der Waals surface area contributed by atoms with Crippen LogP contribution in [0.25, 0.3) is 0 Å². The van der Waals surface area contributed by atoms with Crippen molar-refractivity contribution in [3.8, 4) is 0 Å². The smallest absolute Gasteiger partial charge is 0.409 e. The molecule has 0 aliphatic carbocycles. The van der Waals surface area contributed by atoms with Gasteiger partial charge in [-0.3, -0.25) is 0 Å². The Morgan fingerprint density at radius 2 is 1.63 bits per heavy atom. The molecule has 0 aromatic heterocycles. The van der Waals surface area contributed by atoms with Gasteiger partial charge in [-0.1, -0.05) is 35.3 Å². The van der Waals surface area contributed by atoms with Gasteiger partial charge in [0, 0.05) is 43.2 Å². The molecular weight excluding hydrogens is 557 g/mol. The highest BCUT2D eigenvalue weighted by atomic mass is 35.5. The second-order valence-corrected chi connectivity index (χ2v) is 12.3. The third-order valence-electron chi connectivity index (χ3n) is 6.75. The van der Waals surface area contributed by atoms with Gasteiger partial charge in [0.2, 0.25) is 0 Å². The Bertz CT molecular complexity index is 1410. The predicted octanol–water partition coefficient (Wildman–Crippen LogP) is 6.31. The maximum Gasteiger partial charge on any atom is 0.409 e. The zero-order valence-electron chi connectivity index (χ0n) is 20.5. The molecule has 1 aliphatic rings. The summed E-state index contributed by atoms with van der Waals surface area (Å²) in [6, 6.07) is 15.5. The fraction of sp³-hybridized carbons (Fsp3) is 0.296. The van der Waals surface area contributed by atoms with E-state index in [9.17, 15) is 22.0 Å². The SMILES string of the molecule is CC(CCOC(=O)N1CCN(c2ccccc2Cl)CC1)(c1cc(F)ccc1F)S(=O)(=O)c1ccc(Cl)cc1. The van der Waals surface area contributed by atoms with Crippen LogP contribution in [-0.2, 0) is 19.3 Å². The van der Waals surface area contributed by atoms with Gasteiger partial charge >= 0.3 is 6.09 Å². The number of para-hydroxylation sites is 1. The summed E-state index contributed by atoms with van der Waals surface area (Å²) in [4.78, 5) is 16.2. The van der Waals surface area contributed by atoms with Crippen LogP contribution < -0.4 is 4.90 Å². The Morgan fingerprint density at radius 1 is 0.974 bits per heavy atom. The number of carbonyl (C=O) groups is 1. The van der Waals surface area contributed by atoms with E-state index in [0.29, 0.717) is 36.2 Å². The van der Waals surface area contributed by atoms with E-state index in [1.54, 1.807) is 6.07 Å². The minimum atomic E-state index is -4.26. The van der Waals surface area contributed by atoms with Gasteiger partial charge in [0.15, 0.2) is 9.84 Å².